The van der Waals surface area contributed by atoms with Gasteiger partial charge in [-0.05, 0) is 29.8 Å². The summed E-state index contributed by atoms with van der Waals surface area (Å²) in [7, 11) is 1.47. The number of aromatic hydroxyl groups is 1. The molecule has 1 fully saturated rings. The van der Waals surface area contributed by atoms with Gasteiger partial charge in [0, 0.05) is 17.7 Å². The third-order valence-corrected chi connectivity index (χ3v) is 4.99. The number of benzene rings is 2. The molecule has 3 N–H and O–H groups in total. The van der Waals surface area contributed by atoms with Gasteiger partial charge in [-0.25, -0.2) is 9.18 Å². The third kappa shape index (κ3) is 3.50. The second-order valence-corrected chi connectivity index (χ2v) is 7.04. The Morgan fingerprint density at radius 1 is 1.23 bits per heavy atom. The first-order chi connectivity index (χ1) is 14.7. The molecule has 2 heterocycles. The summed E-state index contributed by atoms with van der Waals surface area (Å²) in [4.78, 5) is 38.5. The molecule has 1 atom stereocenters. The Morgan fingerprint density at radius 2 is 2.00 bits per heavy atom. The largest absolute Gasteiger partial charge is 0.505 e. The van der Waals surface area contributed by atoms with E-state index >= 15 is 0 Å². The summed E-state index contributed by atoms with van der Waals surface area (Å²) < 4.78 is 32.0. The molecule has 1 saturated heterocycles. The molecule has 2 aromatic carbocycles. The van der Waals surface area contributed by atoms with Crippen molar-refractivity contribution in [2.45, 2.75) is 12.1 Å². The number of methoxy groups -OCH3 is 1. The van der Waals surface area contributed by atoms with Crippen LogP contribution in [0.15, 0.2) is 30.3 Å². The second kappa shape index (κ2) is 7.28. The van der Waals surface area contributed by atoms with Crippen molar-refractivity contribution in [2.75, 3.05) is 13.7 Å². The van der Waals surface area contributed by atoms with Crippen molar-refractivity contribution in [1.82, 2.24) is 15.5 Å². The molecular weight excluding hydrogens is 412 g/mol. The van der Waals surface area contributed by atoms with Crippen LogP contribution in [0.4, 0.5) is 13.6 Å². The minimum absolute atomic E-state index is 0.120. The summed E-state index contributed by atoms with van der Waals surface area (Å²) in [6.07, 6.45) is 0. The molecule has 4 rings (SSSR count). The number of phenols is 1. The van der Waals surface area contributed by atoms with E-state index in [1.807, 2.05) is 0 Å². The number of hydrogen-bond donors (Lipinski definition) is 3. The van der Waals surface area contributed by atoms with E-state index in [1.54, 1.807) is 18.2 Å². The maximum Gasteiger partial charge on any atom is 0.323 e. The number of phenolic OH excluding ortho intramolecular Hbond substituents is 1. The first-order valence-corrected chi connectivity index (χ1v) is 9.03. The Labute approximate surface area is 174 Å². The summed E-state index contributed by atoms with van der Waals surface area (Å²) in [6, 6.07) is 5.82. The maximum atomic E-state index is 13.6. The number of nitrogens with zero attached hydrogens (tertiary/aromatic N) is 1. The van der Waals surface area contributed by atoms with Gasteiger partial charge in [-0.3, -0.25) is 14.9 Å². The highest BCUT2D eigenvalue weighted by Crippen LogP contribution is 2.28. The molecule has 2 aromatic rings. The van der Waals surface area contributed by atoms with E-state index in [0.29, 0.717) is 16.9 Å². The van der Waals surface area contributed by atoms with Crippen LogP contribution in [0.25, 0.3) is 0 Å². The molecule has 4 amide bonds. The lowest BCUT2D eigenvalue weighted by Gasteiger charge is -2.26. The fourth-order valence-electron chi connectivity index (χ4n) is 3.44. The van der Waals surface area contributed by atoms with E-state index in [2.05, 4.69) is 22.5 Å². The van der Waals surface area contributed by atoms with E-state index in [1.165, 1.54) is 12.0 Å². The van der Waals surface area contributed by atoms with Crippen LogP contribution in [0.2, 0.25) is 0 Å². The zero-order valence-corrected chi connectivity index (χ0v) is 16.1. The Balaban J connectivity index is 1.67. The van der Waals surface area contributed by atoms with Crippen molar-refractivity contribution in [3.63, 3.8) is 0 Å². The molecule has 8 nitrogen and oxygen atoms in total. The Bertz CT molecular complexity index is 1180. The summed E-state index contributed by atoms with van der Waals surface area (Å²) in [6.45, 7) is -0.111. The highest BCUT2D eigenvalue weighted by Gasteiger charge is 2.48. The molecule has 0 unspecified atom stereocenters. The lowest BCUT2D eigenvalue weighted by Crippen LogP contribution is -2.54. The molecule has 0 saturated carbocycles. The highest BCUT2D eigenvalue weighted by atomic mass is 19.2. The Hall–Kier alpha value is -4.13. The zero-order valence-electron chi connectivity index (χ0n) is 16.1. The van der Waals surface area contributed by atoms with Gasteiger partial charge in [0.25, 0.3) is 11.8 Å². The number of ether oxygens (including phenoxy) is 1. The molecule has 0 aromatic heterocycles. The molecule has 10 heteroatoms. The van der Waals surface area contributed by atoms with E-state index in [4.69, 9.17) is 4.74 Å². The van der Waals surface area contributed by atoms with Crippen LogP contribution in [0.1, 0.15) is 21.5 Å². The summed E-state index contributed by atoms with van der Waals surface area (Å²) in [5, 5.41) is 13.9. The summed E-state index contributed by atoms with van der Waals surface area (Å²) >= 11 is 0. The number of carbonyl (C=O) groups excluding carboxylic acids is 3. The quantitative estimate of drug-likeness (QED) is 0.505. The van der Waals surface area contributed by atoms with Crippen molar-refractivity contribution < 1.29 is 33.0 Å². The van der Waals surface area contributed by atoms with Crippen LogP contribution in [0.5, 0.6) is 11.5 Å². The fraction of sp³-hybridized carbons (Fsp3) is 0.190. The van der Waals surface area contributed by atoms with Gasteiger partial charge in [0.05, 0.1) is 13.7 Å². The van der Waals surface area contributed by atoms with Crippen LogP contribution in [-0.4, -0.2) is 47.0 Å². The normalized spacial score (nSPS) is 19.5. The van der Waals surface area contributed by atoms with Crippen LogP contribution in [0.3, 0.4) is 0 Å². The van der Waals surface area contributed by atoms with Crippen molar-refractivity contribution in [2.24, 2.45) is 0 Å². The number of hydrogen-bond acceptors (Lipinski definition) is 5. The maximum absolute atomic E-state index is 13.6. The predicted molar refractivity (Wildman–Crippen MR) is 102 cm³/mol. The number of urea groups is 1. The van der Waals surface area contributed by atoms with Crippen LogP contribution >= 0.6 is 0 Å². The molecule has 2 aliphatic heterocycles. The Kier molecular flexibility index (Phi) is 4.74. The molecule has 0 spiro atoms. The number of amides is 4. The lowest BCUT2D eigenvalue weighted by molar-refractivity contribution is -0.122. The minimum Gasteiger partial charge on any atom is -0.505 e. The van der Waals surface area contributed by atoms with Gasteiger partial charge in [0.2, 0.25) is 5.54 Å². The fourth-order valence-corrected chi connectivity index (χ4v) is 3.44. The van der Waals surface area contributed by atoms with Gasteiger partial charge >= 0.3 is 6.03 Å². The Morgan fingerprint density at radius 3 is 2.65 bits per heavy atom. The van der Waals surface area contributed by atoms with Crippen LogP contribution < -0.4 is 15.4 Å². The van der Waals surface area contributed by atoms with Gasteiger partial charge in [-0.2, -0.15) is 4.39 Å². The number of carbonyl (C=O) groups is 3. The third-order valence-electron chi connectivity index (χ3n) is 4.99. The lowest BCUT2D eigenvalue weighted by atomic mass is 9.99. The van der Waals surface area contributed by atoms with Gasteiger partial charge < -0.3 is 20.1 Å². The smallest absolute Gasteiger partial charge is 0.323 e. The first-order valence-electron chi connectivity index (χ1n) is 9.03. The van der Waals surface area contributed by atoms with Crippen LogP contribution in [0, 0.1) is 23.5 Å². The molecular formula is C21H15F2N3O5. The number of imide groups is 1. The van der Waals surface area contributed by atoms with E-state index in [9.17, 15) is 28.3 Å². The highest BCUT2D eigenvalue weighted by molar-refractivity contribution is 6.10. The van der Waals surface area contributed by atoms with E-state index < -0.39 is 34.9 Å². The van der Waals surface area contributed by atoms with E-state index in [-0.39, 0.29) is 24.6 Å². The molecule has 0 aliphatic carbocycles. The van der Waals surface area contributed by atoms with Crippen molar-refractivity contribution in [3.05, 3.63) is 58.7 Å². The zero-order chi connectivity index (χ0) is 22.3. The van der Waals surface area contributed by atoms with Crippen molar-refractivity contribution >= 4 is 17.8 Å². The van der Waals surface area contributed by atoms with Gasteiger partial charge in [0.1, 0.15) is 5.75 Å². The van der Waals surface area contributed by atoms with Gasteiger partial charge in [0.15, 0.2) is 17.4 Å². The molecule has 31 heavy (non-hydrogen) atoms. The summed E-state index contributed by atoms with van der Waals surface area (Å²) in [5.74, 6) is 0.639. The van der Waals surface area contributed by atoms with Gasteiger partial charge in [-0.15, -0.1) is 0 Å². The number of halogens is 2. The van der Waals surface area contributed by atoms with Crippen molar-refractivity contribution in [3.8, 4) is 23.3 Å². The first kappa shape index (κ1) is 20.2. The number of nitrogens with one attached hydrogen (secondary N) is 2. The molecule has 0 radical (unpaired) electrons. The second-order valence-electron chi connectivity index (χ2n) is 7.04. The number of fused-ring (bicyclic) bond motifs is 1. The number of rotatable bonds is 3. The monoisotopic (exact) mass is 427 g/mol. The van der Waals surface area contributed by atoms with Crippen molar-refractivity contribution in [1.29, 1.82) is 0 Å². The molecule has 158 valence electrons. The van der Waals surface area contributed by atoms with Gasteiger partial charge in [-0.1, -0.05) is 17.9 Å². The standard InChI is InChI=1S/C21H15F2N3O5/c1-31-13-3-2-12-9-26(18(28)14(12)8-13)10-21(19(29)24-20(30)25-21)5-4-11-6-15(22)17(23)16(27)7-11/h2-3,6-8,27H,9-10H2,1H3,(H2,24,25,29,30)/t21-/m1/s1. The average molecular weight is 427 g/mol. The summed E-state index contributed by atoms with van der Waals surface area (Å²) in [5.41, 5.74) is -0.827. The SMILES string of the molecule is COc1ccc2c(c1)C(=O)N(C[C@@]1(C#Cc3cc(O)c(F)c(F)c3)NC(=O)NC1=O)C2. The molecule has 2 aliphatic rings. The molecule has 0 bridgehead atoms. The minimum atomic E-state index is -1.82. The topological polar surface area (TPSA) is 108 Å². The average Bonchev–Trinajstić information content (AvgIpc) is 3.19. The predicted octanol–water partition coefficient (Wildman–Crippen LogP) is 1.26. The van der Waals surface area contributed by atoms with E-state index in [0.717, 1.165) is 12.1 Å². The van der Waals surface area contributed by atoms with Crippen LogP contribution in [-0.2, 0) is 11.3 Å².